The summed E-state index contributed by atoms with van der Waals surface area (Å²) in [6.45, 7) is 0. The maximum Gasteiger partial charge on any atom is 0.416 e. The van der Waals surface area contributed by atoms with Gasteiger partial charge in [0, 0.05) is 5.56 Å². The molecule has 1 aliphatic rings. The zero-order chi connectivity index (χ0) is 14.2. The molecule has 0 fully saturated rings. The smallest absolute Gasteiger partial charge is 0.416 e. The minimum atomic E-state index is -4.38. The highest BCUT2D eigenvalue weighted by Crippen LogP contribution is 2.34. The quantitative estimate of drug-likeness (QED) is 0.839. The topological polar surface area (TPSA) is 35.0 Å². The molecular formula is C14H11F3N2O. The molecule has 1 aliphatic carbocycles. The SMILES string of the molecule is FC(F)(F)c1cccc(Oc2ncnc3c2CCC3)c1. The van der Waals surface area contributed by atoms with E-state index in [0.717, 1.165) is 42.7 Å². The first-order chi connectivity index (χ1) is 9.54. The van der Waals surface area contributed by atoms with Crippen molar-refractivity contribution in [3.63, 3.8) is 0 Å². The molecular weight excluding hydrogens is 269 g/mol. The average molecular weight is 280 g/mol. The third-order valence-corrected chi connectivity index (χ3v) is 3.21. The Morgan fingerprint density at radius 3 is 2.75 bits per heavy atom. The minimum absolute atomic E-state index is 0.132. The van der Waals surface area contributed by atoms with Crippen LogP contribution in [0.3, 0.4) is 0 Å². The molecule has 20 heavy (non-hydrogen) atoms. The first-order valence-corrected chi connectivity index (χ1v) is 6.22. The van der Waals surface area contributed by atoms with Crippen molar-refractivity contribution in [2.75, 3.05) is 0 Å². The molecule has 3 nitrogen and oxygen atoms in total. The van der Waals surface area contributed by atoms with Crippen LogP contribution in [0.1, 0.15) is 23.2 Å². The second-order valence-electron chi connectivity index (χ2n) is 4.59. The Bertz CT molecular complexity index is 641. The zero-order valence-corrected chi connectivity index (χ0v) is 10.4. The van der Waals surface area contributed by atoms with Crippen LogP contribution in [0.5, 0.6) is 11.6 Å². The van der Waals surface area contributed by atoms with Crippen LogP contribution in [-0.2, 0) is 19.0 Å². The third kappa shape index (κ3) is 2.45. The first-order valence-electron chi connectivity index (χ1n) is 6.22. The van der Waals surface area contributed by atoms with Gasteiger partial charge in [0.2, 0.25) is 5.88 Å². The van der Waals surface area contributed by atoms with Gasteiger partial charge in [-0.05, 0) is 37.5 Å². The van der Waals surface area contributed by atoms with E-state index in [4.69, 9.17) is 4.74 Å². The van der Waals surface area contributed by atoms with Gasteiger partial charge >= 0.3 is 6.18 Å². The van der Waals surface area contributed by atoms with Gasteiger partial charge in [-0.25, -0.2) is 9.97 Å². The average Bonchev–Trinajstić information content (AvgIpc) is 2.87. The molecule has 0 bridgehead atoms. The number of rotatable bonds is 2. The van der Waals surface area contributed by atoms with Crippen molar-refractivity contribution in [3.05, 3.63) is 47.4 Å². The maximum absolute atomic E-state index is 12.6. The van der Waals surface area contributed by atoms with Crippen LogP contribution in [0.4, 0.5) is 13.2 Å². The lowest BCUT2D eigenvalue weighted by Gasteiger charge is -2.11. The van der Waals surface area contributed by atoms with Crippen molar-refractivity contribution in [1.29, 1.82) is 0 Å². The Morgan fingerprint density at radius 1 is 1.10 bits per heavy atom. The van der Waals surface area contributed by atoms with Gasteiger partial charge < -0.3 is 4.74 Å². The Labute approximate surface area is 113 Å². The summed E-state index contributed by atoms with van der Waals surface area (Å²) in [6, 6.07) is 4.79. The van der Waals surface area contributed by atoms with Crippen molar-refractivity contribution in [3.8, 4) is 11.6 Å². The molecule has 0 saturated heterocycles. The molecule has 2 aromatic rings. The van der Waals surface area contributed by atoms with Crippen LogP contribution in [0.15, 0.2) is 30.6 Å². The Hall–Kier alpha value is -2.11. The summed E-state index contributed by atoms with van der Waals surface area (Å²) in [7, 11) is 0. The van der Waals surface area contributed by atoms with E-state index in [1.807, 2.05) is 0 Å². The summed E-state index contributed by atoms with van der Waals surface area (Å²) in [5.41, 5.74) is 1.08. The number of fused-ring (bicyclic) bond motifs is 1. The highest BCUT2D eigenvalue weighted by Gasteiger charge is 2.30. The van der Waals surface area contributed by atoms with Crippen molar-refractivity contribution in [2.45, 2.75) is 25.4 Å². The minimum Gasteiger partial charge on any atom is -0.439 e. The summed E-state index contributed by atoms with van der Waals surface area (Å²) in [6.07, 6.45) is -0.381. The lowest BCUT2D eigenvalue weighted by molar-refractivity contribution is -0.137. The van der Waals surface area contributed by atoms with Crippen LogP contribution in [0.25, 0.3) is 0 Å². The molecule has 0 saturated carbocycles. The highest BCUT2D eigenvalue weighted by molar-refractivity contribution is 5.38. The number of hydrogen-bond donors (Lipinski definition) is 0. The molecule has 1 aromatic carbocycles. The van der Waals surface area contributed by atoms with Gasteiger partial charge in [-0.2, -0.15) is 13.2 Å². The second kappa shape index (κ2) is 4.77. The van der Waals surface area contributed by atoms with E-state index < -0.39 is 11.7 Å². The molecule has 0 atom stereocenters. The largest absolute Gasteiger partial charge is 0.439 e. The number of aryl methyl sites for hydroxylation is 1. The van der Waals surface area contributed by atoms with Crippen molar-refractivity contribution >= 4 is 0 Å². The lowest BCUT2D eigenvalue weighted by atomic mass is 10.2. The molecule has 1 heterocycles. The number of benzene rings is 1. The van der Waals surface area contributed by atoms with E-state index >= 15 is 0 Å². The van der Waals surface area contributed by atoms with Crippen LogP contribution < -0.4 is 4.74 Å². The number of halogens is 3. The molecule has 0 N–H and O–H groups in total. The van der Waals surface area contributed by atoms with E-state index in [1.165, 1.54) is 18.5 Å². The van der Waals surface area contributed by atoms with Crippen LogP contribution in [0.2, 0.25) is 0 Å². The normalized spacial score (nSPS) is 14.2. The number of ether oxygens (including phenoxy) is 1. The number of nitrogens with zero attached hydrogens (tertiary/aromatic N) is 2. The Kier molecular flexibility index (Phi) is 3.08. The molecule has 0 spiro atoms. The fourth-order valence-corrected chi connectivity index (χ4v) is 2.27. The van der Waals surface area contributed by atoms with E-state index in [9.17, 15) is 13.2 Å². The molecule has 0 unspecified atom stereocenters. The predicted octanol–water partition coefficient (Wildman–Crippen LogP) is 3.78. The molecule has 104 valence electrons. The number of alkyl halides is 3. The molecule has 1 aromatic heterocycles. The zero-order valence-electron chi connectivity index (χ0n) is 10.4. The van der Waals surface area contributed by atoms with E-state index in [2.05, 4.69) is 9.97 Å². The summed E-state index contributed by atoms with van der Waals surface area (Å²) < 4.78 is 43.4. The predicted molar refractivity (Wildman–Crippen MR) is 65.6 cm³/mol. The number of aromatic nitrogens is 2. The second-order valence-corrected chi connectivity index (χ2v) is 4.59. The van der Waals surface area contributed by atoms with Crippen LogP contribution in [-0.4, -0.2) is 9.97 Å². The van der Waals surface area contributed by atoms with Gasteiger partial charge in [0.1, 0.15) is 12.1 Å². The van der Waals surface area contributed by atoms with Crippen molar-refractivity contribution in [1.82, 2.24) is 9.97 Å². The fraction of sp³-hybridized carbons (Fsp3) is 0.286. The van der Waals surface area contributed by atoms with Crippen LogP contribution in [0, 0.1) is 0 Å². The monoisotopic (exact) mass is 280 g/mol. The summed E-state index contributed by atoms with van der Waals surface area (Å²) in [5.74, 6) is 0.486. The summed E-state index contributed by atoms with van der Waals surface area (Å²) >= 11 is 0. The van der Waals surface area contributed by atoms with Gasteiger partial charge in [-0.1, -0.05) is 6.07 Å². The van der Waals surface area contributed by atoms with Gasteiger partial charge in [0.15, 0.2) is 0 Å². The molecule has 0 amide bonds. The van der Waals surface area contributed by atoms with E-state index in [0.29, 0.717) is 5.88 Å². The van der Waals surface area contributed by atoms with Gasteiger partial charge in [0.05, 0.1) is 11.3 Å². The molecule has 0 aliphatic heterocycles. The van der Waals surface area contributed by atoms with Crippen molar-refractivity contribution < 1.29 is 17.9 Å². The molecule has 6 heteroatoms. The molecule has 0 radical (unpaired) electrons. The maximum atomic E-state index is 12.6. The Balaban J connectivity index is 1.91. The fourth-order valence-electron chi connectivity index (χ4n) is 2.27. The summed E-state index contributed by atoms with van der Waals surface area (Å²) in [5, 5.41) is 0. The van der Waals surface area contributed by atoms with Gasteiger partial charge in [-0.3, -0.25) is 0 Å². The van der Waals surface area contributed by atoms with Crippen molar-refractivity contribution in [2.24, 2.45) is 0 Å². The third-order valence-electron chi connectivity index (χ3n) is 3.21. The molecule has 3 rings (SSSR count). The highest BCUT2D eigenvalue weighted by atomic mass is 19.4. The van der Waals surface area contributed by atoms with E-state index in [1.54, 1.807) is 0 Å². The van der Waals surface area contributed by atoms with Gasteiger partial charge in [-0.15, -0.1) is 0 Å². The number of hydrogen-bond acceptors (Lipinski definition) is 3. The van der Waals surface area contributed by atoms with Crippen LogP contribution >= 0.6 is 0 Å². The van der Waals surface area contributed by atoms with E-state index in [-0.39, 0.29) is 5.75 Å². The standard InChI is InChI=1S/C14H11F3N2O/c15-14(16,17)9-3-1-4-10(7-9)20-13-11-5-2-6-12(11)18-8-19-13/h1,3-4,7-8H,2,5-6H2. The summed E-state index contributed by atoms with van der Waals surface area (Å²) in [4.78, 5) is 8.17. The van der Waals surface area contributed by atoms with Gasteiger partial charge in [0.25, 0.3) is 0 Å². The lowest BCUT2D eigenvalue weighted by Crippen LogP contribution is -2.05. The Morgan fingerprint density at radius 2 is 1.95 bits per heavy atom. The first kappa shape index (κ1) is 12.9.